The molecule has 13 heteroatoms. The summed E-state index contributed by atoms with van der Waals surface area (Å²) in [4.78, 5) is 46.9. The van der Waals surface area contributed by atoms with Gasteiger partial charge in [-0.3, -0.25) is 19.7 Å². The summed E-state index contributed by atoms with van der Waals surface area (Å²) in [6.07, 6.45) is -2.99. The Labute approximate surface area is 202 Å². The highest BCUT2D eigenvalue weighted by atomic mass is 32.2. The zero-order chi connectivity index (χ0) is 26.2. The molecule has 0 aliphatic rings. The number of anilines is 1. The van der Waals surface area contributed by atoms with Crippen LogP contribution in [0.3, 0.4) is 0 Å². The first-order valence-corrected chi connectivity index (χ1v) is 11.5. The molecule has 35 heavy (non-hydrogen) atoms. The summed E-state index contributed by atoms with van der Waals surface area (Å²) in [7, 11) is 0. The van der Waals surface area contributed by atoms with E-state index in [2.05, 4.69) is 5.32 Å². The summed E-state index contributed by atoms with van der Waals surface area (Å²) >= 11 is 1.41. The Bertz CT molecular complexity index is 1110. The van der Waals surface area contributed by atoms with Gasteiger partial charge in [0.1, 0.15) is 6.04 Å². The van der Waals surface area contributed by atoms with E-state index in [-0.39, 0.29) is 6.42 Å². The predicted octanol–water partition coefficient (Wildman–Crippen LogP) is 3.96. The number of esters is 1. The Morgan fingerprint density at radius 1 is 1.17 bits per heavy atom. The molecule has 0 radical (unpaired) electrons. The van der Waals surface area contributed by atoms with Crippen molar-refractivity contribution in [1.82, 2.24) is 5.32 Å². The fourth-order valence-corrected chi connectivity index (χ4v) is 3.40. The molecule has 9 nitrogen and oxygen atoms in total. The molecule has 188 valence electrons. The van der Waals surface area contributed by atoms with Crippen LogP contribution in [0.5, 0.6) is 0 Å². The molecule has 2 aromatic carbocycles. The van der Waals surface area contributed by atoms with Crippen molar-refractivity contribution in [1.29, 1.82) is 0 Å². The molecule has 2 rings (SSSR count). The van der Waals surface area contributed by atoms with Crippen molar-refractivity contribution >= 4 is 40.9 Å². The predicted molar refractivity (Wildman–Crippen MR) is 123 cm³/mol. The Morgan fingerprint density at radius 2 is 1.89 bits per heavy atom. The Morgan fingerprint density at radius 3 is 2.49 bits per heavy atom. The van der Waals surface area contributed by atoms with Crippen LogP contribution in [-0.2, 0) is 20.5 Å². The minimum atomic E-state index is -4.98. The van der Waals surface area contributed by atoms with E-state index in [0.29, 0.717) is 17.4 Å². The first kappa shape index (κ1) is 27.6. The van der Waals surface area contributed by atoms with E-state index < -0.39 is 58.5 Å². The first-order chi connectivity index (χ1) is 16.4. The molecule has 0 aromatic heterocycles. The summed E-state index contributed by atoms with van der Waals surface area (Å²) in [5, 5.41) is 15.3. The topological polar surface area (TPSA) is 128 Å². The van der Waals surface area contributed by atoms with Crippen LogP contribution in [0.4, 0.5) is 24.5 Å². The second-order valence-electron chi connectivity index (χ2n) is 7.32. The second kappa shape index (κ2) is 12.2. The number of hydrogen-bond acceptors (Lipinski definition) is 7. The maximum absolute atomic E-state index is 13.3. The molecular formula is C22H22F3N3O6S. The summed E-state index contributed by atoms with van der Waals surface area (Å²) in [6, 6.07) is 7.41. The van der Waals surface area contributed by atoms with Crippen molar-refractivity contribution in [2.24, 2.45) is 0 Å². The number of thioether (sulfide) groups is 1. The van der Waals surface area contributed by atoms with Crippen molar-refractivity contribution in [3.05, 3.63) is 69.3 Å². The number of halogens is 3. The number of alkyl halides is 3. The number of ether oxygens (including phenoxy) is 1. The van der Waals surface area contributed by atoms with Crippen LogP contribution < -0.4 is 10.6 Å². The van der Waals surface area contributed by atoms with E-state index in [1.165, 1.54) is 11.8 Å². The lowest BCUT2D eigenvalue weighted by molar-refractivity contribution is -0.385. The fourth-order valence-electron chi connectivity index (χ4n) is 2.93. The average molecular weight is 513 g/mol. The number of hydrogen-bond donors (Lipinski definition) is 2. The van der Waals surface area contributed by atoms with Gasteiger partial charge in [0.25, 0.3) is 17.5 Å². The third-order valence-corrected chi connectivity index (χ3v) is 5.26. The fraction of sp³-hybridized carbons (Fsp3) is 0.318. The molecule has 1 unspecified atom stereocenters. The van der Waals surface area contributed by atoms with Gasteiger partial charge in [0.2, 0.25) is 0 Å². The van der Waals surface area contributed by atoms with E-state index >= 15 is 0 Å². The molecule has 0 saturated carbocycles. The number of nitro benzene ring substituents is 1. The van der Waals surface area contributed by atoms with Gasteiger partial charge in [0.15, 0.2) is 6.61 Å². The quantitative estimate of drug-likeness (QED) is 0.280. The molecule has 1 atom stereocenters. The Kier molecular flexibility index (Phi) is 9.63. The van der Waals surface area contributed by atoms with Gasteiger partial charge in [0, 0.05) is 17.7 Å². The van der Waals surface area contributed by atoms with E-state index in [1.54, 1.807) is 37.4 Å². The average Bonchev–Trinajstić information content (AvgIpc) is 2.79. The van der Waals surface area contributed by atoms with Crippen molar-refractivity contribution in [3.63, 3.8) is 0 Å². The molecule has 0 bridgehead atoms. The number of nitrogens with one attached hydrogen (secondary N) is 2. The van der Waals surface area contributed by atoms with Crippen LogP contribution in [-0.4, -0.2) is 47.4 Å². The first-order valence-electron chi connectivity index (χ1n) is 10.1. The number of aryl methyl sites for hydroxylation is 1. The standard InChI is InChI=1S/C22H22F3N3O6S/c1-13-4-3-5-14(10-13)20(30)27-18(8-9-35-2)21(31)34-12-19(29)26-17-7-6-15(28(32)33)11-16(17)22(23,24)25/h3-7,10-11,18H,8-9,12H2,1-2H3,(H,26,29)(H,27,30). The largest absolute Gasteiger partial charge is 0.454 e. The van der Waals surface area contributed by atoms with Gasteiger partial charge in [-0.05, 0) is 43.6 Å². The van der Waals surface area contributed by atoms with Crippen LogP contribution in [0.2, 0.25) is 0 Å². The Hall–Kier alpha value is -3.61. The molecular weight excluding hydrogens is 491 g/mol. The number of carbonyl (C=O) groups excluding carboxylic acids is 3. The third-order valence-electron chi connectivity index (χ3n) is 4.62. The number of nitrogens with zero attached hydrogens (tertiary/aromatic N) is 1. The minimum absolute atomic E-state index is 0.194. The minimum Gasteiger partial charge on any atom is -0.454 e. The summed E-state index contributed by atoms with van der Waals surface area (Å²) in [5.74, 6) is -2.07. The van der Waals surface area contributed by atoms with Crippen molar-refractivity contribution in [2.75, 3.05) is 23.9 Å². The van der Waals surface area contributed by atoms with Gasteiger partial charge in [-0.25, -0.2) is 4.79 Å². The van der Waals surface area contributed by atoms with Gasteiger partial charge >= 0.3 is 12.1 Å². The highest BCUT2D eigenvalue weighted by molar-refractivity contribution is 7.98. The van der Waals surface area contributed by atoms with Crippen LogP contribution in [0, 0.1) is 17.0 Å². The molecule has 0 spiro atoms. The number of carbonyl (C=O) groups is 3. The lowest BCUT2D eigenvalue weighted by Gasteiger charge is -2.18. The van der Waals surface area contributed by atoms with E-state index in [9.17, 15) is 37.7 Å². The molecule has 0 heterocycles. The highest BCUT2D eigenvalue weighted by Crippen LogP contribution is 2.37. The SMILES string of the molecule is CSCCC(NC(=O)c1cccc(C)c1)C(=O)OCC(=O)Nc1ccc([N+](=O)[O-])cc1C(F)(F)F. The number of amides is 2. The lowest BCUT2D eigenvalue weighted by atomic mass is 10.1. The van der Waals surface area contributed by atoms with Crippen molar-refractivity contribution in [3.8, 4) is 0 Å². The zero-order valence-corrected chi connectivity index (χ0v) is 19.5. The van der Waals surface area contributed by atoms with E-state index in [1.807, 2.05) is 5.32 Å². The molecule has 2 aromatic rings. The molecule has 0 aliphatic heterocycles. The molecule has 0 aliphatic carbocycles. The van der Waals surface area contributed by atoms with E-state index in [4.69, 9.17) is 4.74 Å². The van der Waals surface area contributed by atoms with Gasteiger partial charge in [-0.1, -0.05) is 17.7 Å². The third kappa shape index (κ3) is 8.28. The van der Waals surface area contributed by atoms with Crippen molar-refractivity contribution < 1.29 is 37.2 Å². The van der Waals surface area contributed by atoms with E-state index in [0.717, 1.165) is 17.7 Å². The van der Waals surface area contributed by atoms with Gasteiger partial charge in [-0.15, -0.1) is 0 Å². The second-order valence-corrected chi connectivity index (χ2v) is 8.30. The zero-order valence-electron chi connectivity index (χ0n) is 18.7. The van der Waals surface area contributed by atoms with Crippen LogP contribution >= 0.6 is 11.8 Å². The van der Waals surface area contributed by atoms with Crippen LogP contribution in [0.25, 0.3) is 0 Å². The van der Waals surface area contributed by atoms with Crippen LogP contribution in [0.1, 0.15) is 27.9 Å². The monoisotopic (exact) mass is 513 g/mol. The summed E-state index contributed by atoms with van der Waals surface area (Å²) in [5.41, 5.74) is -1.79. The smallest absolute Gasteiger partial charge is 0.418 e. The summed E-state index contributed by atoms with van der Waals surface area (Å²) < 4.78 is 44.7. The lowest BCUT2D eigenvalue weighted by Crippen LogP contribution is -2.43. The number of nitro groups is 1. The number of benzene rings is 2. The molecule has 0 saturated heterocycles. The highest BCUT2D eigenvalue weighted by Gasteiger charge is 2.36. The van der Waals surface area contributed by atoms with Crippen molar-refractivity contribution in [2.45, 2.75) is 25.6 Å². The normalized spacial score (nSPS) is 11.9. The van der Waals surface area contributed by atoms with Gasteiger partial charge < -0.3 is 15.4 Å². The molecule has 2 amide bonds. The Balaban J connectivity index is 2.06. The van der Waals surface area contributed by atoms with Gasteiger partial charge in [0.05, 0.1) is 16.2 Å². The van der Waals surface area contributed by atoms with Crippen LogP contribution in [0.15, 0.2) is 42.5 Å². The number of non-ortho nitro benzene ring substituents is 1. The summed E-state index contributed by atoms with van der Waals surface area (Å²) in [6.45, 7) is 0.868. The molecule has 0 fully saturated rings. The maximum Gasteiger partial charge on any atom is 0.418 e. The molecule has 2 N–H and O–H groups in total. The number of rotatable bonds is 10. The maximum atomic E-state index is 13.3. The van der Waals surface area contributed by atoms with Gasteiger partial charge in [-0.2, -0.15) is 24.9 Å².